The summed E-state index contributed by atoms with van der Waals surface area (Å²) in [5.74, 6) is -0.720. The van der Waals surface area contributed by atoms with Crippen LogP contribution < -0.4 is 4.74 Å². The Hall–Kier alpha value is -2.46. The molecule has 0 N–H and O–H groups in total. The minimum atomic E-state index is -0.753. The lowest BCUT2D eigenvalue weighted by Crippen LogP contribution is -2.51. The second-order valence-electron chi connectivity index (χ2n) is 7.39. The van der Waals surface area contributed by atoms with Crippen LogP contribution in [0.4, 0.5) is 4.79 Å². The van der Waals surface area contributed by atoms with E-state index in [1.165, 1.54) is 11.3 Å². The van der Waals surface area contributed by atoms with Crippen LogP contribution >= 0.6 is 22.9 Å². The number of nitrogens with zero attached hydrogens (tertiary/aromatic N) is 4. The standard InChI is InChI=1S/C21H23ClN4O4S/c22-16-3-5-17(6-4-16)30-12-11-23-7-9-24(10-8-23)15-26-20(28)19(27)25(21(26)29)14-18-2-1-13-31-18/h1-6,13H,7-12,14-15H2. The van der Waals surface area contributed by atoms with Crippen LogP contribution in [0.1, 0.15) is 4.88 Å². The molecular weight excluding hydrogens is 440 g/mol. The minimum Gasteiger partial charge on any atom is -0.492 e. The first-order chi connectivity index (χ1) is 15.0. The third kappa shape index (κ3) is 5.24. The van der Waals surface area contributed by atoms with Gasteiger partial charge in [0, 0.05) is 42.6 Å². The molecule has 2 aromatic rings. The number of halogens is 1. The molecule has 2 fully saturated rings. The quantitative estimate of drug-likeness (QED) is 0.443. The van der Waals surface area contributed by atoms with Gasteiger partial charge in [-0.15, -0.1) is 11.3 Å². The van der Waals surface area contributed by atoms with E-state index in [9.17, 15) is 14.4 Å². The van der Waals surface area contributed by atoms with Crippen LogP contribution in [0.3, 0.4) is 0 Å². The average molecular weight is 463 g/mol. The van der Waals surface area contributed by atoms with Crippen molar-refractivity contribution in [3.05, 3.63) is 51.7 Å². The molecule has 2 aliphatic heterocycles. The third-order valence-corrected chi connectivity index (χ3v) is 6.44. The Morgan fingerprint density at radius 1 is 0.903 bits per heavy atom. The second kappa shape index (κ2) is 9.78. The molecule has 4 amide bonds. The van der Waals surface area contributed by atoms with E-state index >= 15 is 0 Å². The van der Waals surface area contributed by atoms with Gasteiger partial charge in [0.05, 0.1) is 13.2 Å². The fraction of sp³-hybridized carbons (Fsp3) is 0.381. The lowest BCUT2D eigenvalue weighted by molar-refractivity contribution is -0.144. The summed E-state index contributed by atoms with van der Waals surface area (Å²) in [6.45, 7) is 4.63. The zero-order valence-electron chi connectivity index (χ0n) is 16.9. The largest absolute Gasteiger partial charge is 0.492 e. The first kappa shape index (κ1) is 21.8. The molecule has 8 nitrogen and oxygen atoms in total. The van der Waals surface area contributed by atoms with Gasteiger partial charge in [-0.1, -0.05) is 17.7 Å². The summed E-state index contributed by atoms with van der Waals surface area (Å²) in [5.41, 5.74) is 0. The maximum atomic E-state index is 12.6. The Kier molecular flexibility index (Phi) is 6.86. The first-order valence-corrected chi connectivity index (χ1v) is 11.3. The maximum Gasteiger partial charge on any atom is 0.335 e. The molecule has 10 heteroatoms. The monoisotopic (exact) mass is 462 g/mol. The number of ether oxygens (including phenoxy) is 1. The SMILES string of the molecule is O=C1C(=O)N(CN2CCN(CCOc3ccc(Cl)cc3)CC2)C(=O)N1Cc1cccs1. The van der Waals surface area contributed by atoms with E-state index in [0.29, 0.717) is 24.7 Å². The predicted molar refractivity (Wildman–Crippen MR) is 117 cm³/mol. The van der Waals surface area contributed by atoms with Gasteiger partial charge in [0.2, 0.25) is 0 Å². The number of urea groups is 1. The molecule has 164 valence electrons. The van der Waals surface area contributed by atoms with Crippen LogP contribution in [0, 0.1) is 0 Å². The van der Waals surface area contributed by atoms with E-state index in [4.69, 9.17) is 16.3 Å². The van der Waals surface area contributed by atoms with Crippen molar-refractivity contribution in [2.45, 2.75) is 6.54 Å². The number of carbonyl (C=O) groups is 3. The number of hydrogen-bond donors (Lipinski definition) is 0. The van der Waals surface area contributed by atoms with Crippen molar-refractivity contribution in [3.8, 4) is 5.75 Å². The van der Waals surface area contributed by atoms with Gasteiger partial charge in [-0.05, 0) is 35.7 Å². The van der Waals surface area contributed by atoms with Crippen LogP contribution in [-0.4, -0.2) is 83.4 Å². The van der Waals surface area contributed by atoms with E-state index in [1.807, 2.05) is 34.5 Å². The molecule has 0 radical (unpaired) electrons. The van der Waals surface area contributed by atoms with Crippen molar-refractivity contribution in [1.82, 2.24) is 19.6 Å². The van der Waals surface area contributed by atoms with Crippen LogP contribution in [-0.2, 0) is 16.1 Å². The number of rotatable bonds is 8. The second-order valence-corrected chi connectivity index (χ2v) is 8.86. The van der Waals surface area contributed by atoms with Crippen molar-refractivity contribution in [2.24, 2.45) is 0 Å². The van der Waals surface area contributed by atoms with Crippen LogP contribution in [0.25, 0.3) is 0 Å². The molecule has 0 spiro atoms. The van der Waals surface area contributed by atoms with Crippen molar-refractivity contribution >= 4 is 40.8 Å². The van der Waals surface area contributed by atoms with Crippen LogP contribution in [0.5, 0.6) is 5.75 Å². The van der Waals surface area contributed by atoms with Gasteiger partial charge in [0.25, 0.3) is 0 Å². The summed E-state index contributed by atoms with van der Waals surface area (Å²) in [4.78, 5) is 44.5. The molecule has 2 saturated heterocycles. The lowest BCUT2D eigenvalue weighted by atomic mass is 10.3. The molecule has 4 rings (SSSR count). The van der Waals surface area contributed by atoms with Crippen LogP contribution in [0.2, 0.25) is 5.02 Å². The van der Waals surface area contributed by atoms with Gasteiger partial charge in [-0.25, -0.2) is 9.69 Å². The Morgan fingerprint density at radius 3 is 2.26 bits per heavy atom. The molecule has 1 aromatic heterocycles. The van der Waals surface area contributed by atoms with Crippen molar-refractivity contribution < 1.29 is 19.1 Å². The van der Waals surface area contributed by atoms with Crippen molar-refractivity contribution in [1.29, 1.82) is 0 Å². The van der Waals surface area contributed by atoms with Gasteiger partial charge in [0.1, 0.15) is 12.4 Å². The van der Waals surface area contributed by atoms with Gasteiger partial charge >= 0.3 is 17.8 Å². The normalized spacial score (nSPS) is 18.3. The Morgan fingerprint density at radius 2 is 1.58 bits per heavy atom. The summed E-state index contributed by atoms with van der Waals surface area (Å²) < 4.78 is 5.74. The molecule has 31 heavy (non-hydrogen) atoms. The smallest absolute Gasteiger partial charge is 0.335 e. The number of benzene rings is 1. The molecule has 0 saturated carbocycles. The number of amides is 4. The molecular formula is C21H23ClN4O4S. The minimum absolute atomic E-state index is 0.138. The van der Waals surface area contributed by atoms with Crippen LogP contribution in [0.15, 0.2) is 41.8 Å². The zero-order chi connectivity index (χ0) is 21.8. The fourth-order valence-electron chi connectivity index (χ4n) is 3.55. The average Bonchev–Trinajstić information content (AvgIpc) is 3.36. The molecule has 0 aliphatic carbocycles. The first-order valence-electron chi connectivity index (χ1n) is 10.0. The number of hydrogen-bond acceptors (Lipinski definition) is 7. The summed E-state index contributed by atoms with van der Waals surface area (Å²) in [5, 5.41) is 2.55. The van der Waals surface area contributed by atoms with Crippen molar-refractivity contribution in [2.75, 3.05) is 46.0 Å². The topological polar surface area (TPSA) is 73.4 Å². The molecule has 1 aromatic carbocycles. The summed E-state index contributed by atoms with van der Waals surface area (Å²) in [7, 11) is 0. The Balaban J connectivity index is 1.22. The van der Waals surface area contributed by atoms with E-state index in [0.717, 1.165) is 40.1 Å². The Labute approximate surface area is 189 Å². The van der Waals surface area contributed by atoms with Gasteiger partial charge in [0.15, 0.2) is 0 Å². The molecule has 0 bridgehead atoms. The van der Waals surface area contributed by atoms with E-state index < -0.39 is 17.8 Å². The van der Waals surface area contributed by atoms with Gasteiger partial charge < -0.3 is 4.74 Å². The molecule has 0 atom stereocenters. The van der Waals surface area contributed by atoms with Crippen molar-refractivity contribution in [3.63, 3.8) is 0 Å². The summed E-state index contributed by atoms with van der Waals surface area (Å²) in [6.07, 6.45) is 0. The highest BCUT2D eigenvalue weighted by Crippen LogP contribution is 2.19. The Bertz CT molecular complexity index is 929. The van der Waals surface area contributed by atoms with E-state index in [1.54, 1.807) is 12.1 Å². The molecule has 2 aliphatic rings. The van der Waals surface area contributed by atoms with Gasteiger partial charge in [-0.3, -0.25) is 24.3 Å². The highest BCUT2D eigenvalue weighted by Gasteiger charge is 2.45. The summed E-state index contributed by atoms with van der Waals surface area (Å²) in [6, 6.07) is 10.4. The number of thiophene rings is 1. The highest BCUT2D eigenvalue weighted by molar-refractivity contribution is 7.09. The molecule has 0 unspecified atom stereocenters. The predicted octanol–water partition coefficient (Wildman–Crippen LogP) is 2.35. The maximum absolute atomic E-state index is 12.6. The fourth-order valence-corrected chi connectivity index (χ4v) is 4.37. The zero-order valence-corrected chi connectivity index (χ0v) is 18.5. The van der Waals surface area contributed by atoms with Gasteiger partial charge in [-0.2, -0.15) is 0 Å². The third-order valence-electron chi connectivity index (χ3n) is 5.33. The number of carbonyl (C=O) groups excluding carboxylic acids is 3. The lowest BCUT2D eigenvalue weighted by Gasteiger charge is -2.35. The van der Waals surface area contributed by atoms with E-state index in [-0.39, 0.29) is 13.2 Å². The number of piperazine rings is 1. The number of imide groups is 2. The highest BCUT2D eigenvalue weighted by atomic mass is 35.5. The van der Waals surface area contributed by atoms with E-state index in [2.05, 4.69) is 4.90 Å². The molecule has 3 heterocycles. The summed E-state index contributed by atoms with van der Waals surface area (Å²) >= 11 is 7.32.